The van der Waals surface area contributed by atoms with Gasteiger partial charge in [-0.15, -0.1) is 0 Å². The average Bonchev–Trinajstić information content (AvgIpc) is 2.96. The molecule has 0 N–H and O–H groups in total. The van der Waals surface area contributed by atoms with E-state index in [1.165, 1.54) is 6.26 Å². The molecule has 0 amide bonds. The number of hydrogen-bond acceptors (Lipinski definition) is 5. The Labute approximate surface area is 132 Å². The largest absolute Gasteiger partial charge is 0.300 e. The van der Waals surface area contributed by atoms with Gasteiger partial charge in [0.05, 0.1) is 6.26 Å². The molecule has 2 aliphatic rings. The monoisotopic (exact) mass is 324 g/mol. The number of hydrogen-bond donors (Lipinski definition) is 0. The molecule has 0 spiro atoms. The summed E-state index contributed by atoms with van der Waals surface area (Å²) in [5.74, 6) is 1.36. The van der Waals surface area contributed by atoms with Crippen molar-refractivity contribution in [3.8, 4) is 0 Å². The van der Waals surface area contributed by atoms with Gasteiger partial charge < -0.3 is 0 Å². The van der Waals surface area contributed by atoms with Gasteiger partial charge in [-0.1, -0.05) is 0 Å². The van der Waals surface area contributed by atoms with Crippen molar-refractivity contribution in [3.05, 3.63) is 23.8 Å². The van der Waals surface area contributed by atoms with Gasteiger partial charge in [-0.25, -0.2) is 22.7 Å². The smallest absolute Gasteiger partial charge is 0.211 e. The Morgan fingerprint density at radius 1 is 1.18 bits per heavy atom. The first kappa shape index (κ1) is 15.8. The summed E-state index contributed by atoms with van der Waals surface area (Å²) in [6.07, 6.45) is 6.08. The van der Waals surface area contributed by atoms with Gasteiger partial charge in [-0.2, -0.15) is 0 Å². The Kier molecular flexibility index (Phi) is 4.47. The van der Waals surface area contributed by atoms with E-state index in [1.807, 2.05) is 19.2 Å². The molecule has 0 aromatic carbocycles. The summed E-state index contributed by atoms with van der Waals surface area (Å²) in [6.45, 7) is 5.34. The van der Waals surface area contributed by atoms with Crippen LogP contribution in [0.3, 0.4) is 0 Å². The average molecular weight is 324 g/mol. The van der Waals surface area contributed by atoms with E-state index in [9.17, 15) is 8.42 Å². The predicted octanol–water partition coefficient (Wildman–Crippen LogP) is 0.998. The van der Waals surface area contributed by atoms with Crippen LogP contribution >= 0.6 is 0 Å². The number of sulfonamides is 1. The number of aromatic nitrogens is 2. The minimum absolute atomic E-state index is 0.410. The normalized spacial score (nSPS) is 25.6. The third-order valence-corrected chi connectivity index (χ3v) is 6.11. The van der Waals surface area contributed by atoms with Crippen LogP contribution in [0.25, 0.3) is 0 Å². The van der Waals surface area contributed by atoms with Crippen LogP contribution in [-0.4, -0.2) is 66.1 Å². The van der Waals surface area contributed by atoms with Crippen molar-refractivity contribution in [2.75, 3.05) is 32.4 Å². The summed E-state index contributed by atoms with van der Waals surface area (Å²) >= 11 is 0. The minimum Gasteiger partial charge on any atom is -0.300 e. The van der Waals surface area contributed by atoms with Crippen molar-refractivity contribution in [2.24, 2.45) is 0 Å². The molecule has 6 nitrogen and oxygen atoms in total. The van der Waals surface area contributed by atoms with Crippen molar-refractivity contribution in [1.82, 2.24) is 19.2 Å². The lowest BCUT2D eigenvalue weighted by Crippen LogP contribution is -2.45. The highest BCUT2D eigenvalue weighted by Gasteiger charge is 2.33. The van der Waals surface area contributed by atoms with Gasteiger partial charge in [0.25, 0.3) is 0 Å². The fraction of sp³-hybridized carbons (Fsp3) is 0.733. The Morgan fingerprint density at radius 2 is 1.91 bits per heavy atom. The van der Waals surface area contributed by atoms with E-state index in [2.05, 4.69) is 14.9 Å². The van der Waals surface area contributed by atoms with Gasteiger partial charge in [-0.3, -0.25) is 4.90 Å². The highest BCUT2D eigenvalue weighted by Crippen LogP contribution is 2.29. The van der Waals surface area contributed by atoms with E-state index in [-0.39, 0.29) is 0 Å². The molecule has 0 radical (unpaired) electrons. The lowest BCUT2D eigenvalue weighted by Gasteiger charge is -2.35. The van der Waals surface area contributed by atoms with Crippen LogP contribution in [0.15, 0.2) is 12.3 Å². The van der Waals surface area contributed by atoms with E-state index in [0.717, 1.165) is 43.9 Å². The molecule has 1 aromatic rings. The van der Waals surface area contributed by atoms with Crippen LogP contribution in [0.1, 0.15) is 36.7 Å². The van der Waals surface area contributed by atoms with Gasteiger partial charge >= 0.3 is 0 Å². The molecule has 3 rings (SSSR count). The maximum Gasteiger partial charge on any atom is 0.211 e. The summed E-state index contributed by atoms with van der Waals surface area (Å²) in [4.78, 5) is 11.5. The molecule has 0 unspecified atom stereocenters. The maximum atomic E-state index is 11.6. The van der Waals surface area contributed by atoms with Crippen LogP contribution in [0.5, 0.6) is 0 Å². The third-order valence-electron chi connectivity index (χ3n) is 4.81. The Bertz CT molecular complexity index is 626. The van der Waals surface area contributed by atoms with E-state index in [4.69, 9.17) is 0 Å². The van der Waals surface area contributed by atoms with Crippen molar-refractivity contribution >= 4 is 10.0 Å². The SMILES string of the molecule is Cc1ccnc([C@H]2CCN(C3CCN(S(C)(=O)=O)CC3)C2)n1. The highest BCUT2D eigenvalue weighted by atomic mass is 32.2. The van der Waals surface area contributed by atoms with E-state index in [1.54, 1.807) is 4.31 Å². The molecule has 7 heteroatoms. The zero-order valence-electron chi connectivity index (χ0n) is 13.3. The second kappa shape index (κ2) is 6.22. The van der Waals surface area contributed by atoms with Gasteiger partial charge in [0, 0.05) is 43.5 Å². The van der Waals surface area contributed by atoms with Crippen LogP contribution in [0, 0.1) is 6.92 Å². The maximum absolute atomic E-state index is 11.6. The van der Waals surface area contributed by atoms with Crippen molar-refractivity contribution in [1.29, 1.82) is 0 Å². The molecule has 0 saturated carbocycles. The molecule has 2 aliphatic heterocycles. The lowest BCUT2D eigenvalue weighted by molar-refractivity contribution is 0.166. The molecular formula is C15H24N4O2S. The highest BCUT2D eigenvalue weighted by molar-refractivity contribution is 7.88. The number of piperidine rings is 1. The Morgan fingerprint density at radius 3 is 2.55 bits per heavy atom. The van der Waals surface area contributed by atoms with Crippen LogP contribution in [-0.2, 0) is 10.0 Å². The van der Waals surface area contributed by atoms with E-state index in [0.29, 0.717) is 25.0 Å². The fourth-order valence-electron chi connectivity index (χ4n) is 3.53. The lowest BCUT2D eigenvalue weighted by atomic mass is 10.0. The third kappa shape index (κ3) is 3.47. The molecular weight excluding hydrogens is 300 g/mol. The topological polar surface area (TPSA) is 66.4 Å². The number of nitrogens with zero attached hydrogens (tertiary/aromatic N) is 4. The molecule has 0 aliphatic carbocycles. The second-order valence-corrected chi connectivity index (χ2v) is 8.41. The zero-order valence-corrected chi connectivity index (χ0v) is 14.1. The zero-order chi connectivity index (χ0) is 15.7. The predicted molar refractivity (Wildman–Crippen MR) is 85.1 cm³/mol. The molecule has 122 valence electrons. The van der Waals surface area contributed by atoms with Crippen molar-refractivity contribution in [3.63, 3.8) is 0 Å². The molecule has 2 saturated heterocycles. The molecule has 1 aromatic heterocycles. The quantitative estimate of drug-likeness (QED) is 0.830. The number of likely N-dealkylation sites (tertiary alicyclic amines) is 1. The summed E-state index contributed by atoms with van der Waals surface area (Å²) in [6, 6.07) is 2.42. The fourth-order valence-corrected chi connectivity index (χ4v) is 4.41. The van der Waals surface area contributed by atoms with Crippen LogP contribution < -0.4 is 0 Å². The summed E-state index contributed by atoms with van der Waals surface area (Å²) in [5, 5.41) is 0. The van der Waals surface area contributed by atoms with Gasteiger partial charge in [0.15, 0.2) is 0 Å². The number of rotatable bonds is 3. The summed E-state index contributed by atoms with van der Waals surface area (Å²) in [5.41, 5.74) is 1.02. The van der Waals surface area contributed by atoms with Gasteiger partial charge in [-0.05, 0) is 38.8 Å². The van der Waals surface area contributed by atoms with Crippen molar-refractivity contribution in [2.45, 2.75) is 38.1 Å². The van der Waals surface area contributed by atoms with Crippen molar-refractivity contribution < 1.29 is 8.42 Å². The summed E-state index contributed by atoms with van der Waals surface area (Å²) < 4.78 is 24.8. The van der Waals surface area contributed by atoms with E-state index < -0.39 is 10.0 Å². The molecule has 0 bridgehead atoms. The molecule has 22 heavy (non-hydrogen) atoms. The Balaban J connectivity index is 1.58. The van der Waals surface area contributed by atoms with Crippen LogP contribution in [0.4, 0.5) is 0 Å². The molecule has 1 atom stereocenters. The first-order valence-electron chi connectivity index (χ1n) is 7.92. The first-order valence-corrected chi connectivity index (χ1v) is 9.77. The van der Waals surface area contributed by atoms with Crippen LogP contribution in [0.2, 0.25) is 0 Å². The summed E-state index contributed by atoms with van der Waals surface area (Å²) in [7, 11) is -3.04. The molecule has 2 fully saturated rings. The van der Waals surface area contributed by atoms with Gasteiger partial charge in [0.1, 0.15) is 5.82 Å². The second-order valence-electron chi connectivity index (χ2n) is 6.43. The van der Waals surface area contributed by atoms with Gasteiger partial charge in [0.2, 0.25) is 10.0 Å². The minimum atomic E-state index is -3.04. The molecule has 3 heterocycles. The first-order chi connectivity index (χ1) is 10.4. The number of aryl methyl sites for hydroxylation is 1. The van der Waals surface area contributed by atoms with E-state index >= 15 is 0 Å². The standard InChI is InChI=1S/C15H24N4O2S/c1-12-3-7-16-15(17-12)13-4-8-18(11-13)14-5-9-19(10-6-14)22(2,20)21/h3,7,13-14H,4-6,8-11H2,1-2H3/t13-/m0/s1. The Hall–Kier alpha value is -1.05.